The van der Waals surface area contributed by atoms with Gasteiger partial charge in [0.15, 0.2) is 0 Å². The van der Waals surface area contributed by atoms with Crippen molar-refractivity contribution in [3.8, 4) is 5.75 Å². The quantitative estimate of drug-likeness (QED) is 0.755. The van der Waals surface area contributed by atoms with Crippen molar-refractivity contribution in [3.63, 3.8) is 0 Å². The molecule has 0 atom stereocenters. The number of hydrogen-bond acceptors (Lipinski definition) is 4. The van der Waals surface area contributed by atoms with Crippen LogP contribution in [0, 0.1) is 0 Å². The van der Waals surface area contributed by atoms with E-state index in [2.05, 4.69) is 0 Å². The van der Waals surface area contributed by atoms with E-state index in [1.54, 1.807) is 24.3 Å². The number of anilines is 1. The van der Waals surface area contributed by atoms with Crippen molar-refractivity contribution in [2.75, 3.05) is 25.1 Å². The number of carboxylic acids is 2. The van der Waals surface area contributed by atoms with Crippen LogP contribution in [0.2, 0.25) is 0 Å². The van der Waals surface area contributed by atoms with Gasteiger partial charge in [-0.25, -0.2) is 0 Å². The Morgan fingerprint density at radius 2 is 2.00 bits per heavy atom. The Hall–Kier alpha value is -2.24. The predicted octanol–water partition coefficient (Wildman–Crippen LogP) is 1.06. The molecule has 0 aliphatic carbocycles. The molecule has 1 rings (SSSR count). The van der Waals surface area contributed by atoms with Gasteiger partial charge in [-0.2, -0.15) is 0 Å². The Balaban J connectivity index is 2.85. The second-order valence-corrected chi connectivity index (χ2v) is 3.66. The third-order valence-corrected chi connectivity index (χ3v) is 2.34. The van der Waals surface area contributed by atoms with Crippen LogP contribution in [0.4, 0.5) is 5.69 Å². The van der Waals surface area contributed by atoms with Crippen molar-refractivity contribution >= 4 is 17.6 Å². The molecule has 2 N–H and O–H groups in total. The summed E-state index contributed by atoms with van der Waals surface area (Å²) in [6, 6.07) is 6.85. The van der Waals surface area contributed by atoms with E-state index in [4.69, 9.17) is 14.9 Å². The minimum Gasteiger partial charge on any atom is -0.497 e. The molecule has 0 fully saturated rings. The Labute approximate surface area is 104 Å². The van der Waals surface area contributed by atoms with Crippen LogP contribution in [-0.2, 0) is 9.59 Å². The minimum absolute atomic E-state index is 0.121. The summed E-state index contributed by atoms with van der Waals surface area (Å²) in [6.07, 6.45) is -0.121. The van der Waals surface area contributed by atoms with Crippen LogP contribution in [0.5, 0.6) is 5.75 Å². The van der Waals surface area contributed by atoms with Crippen molar-refractivity contribution in [2.24, 2.45) is 0 Å². The zero-order valence-corrected chi connectivity index (χ0v) is 10.00. The molecule has 0 radical (unpaired) electrons. The van der Waals surface area contributed by atoms with E-state index in [0.29, 0.717) is 11.4 Å². The fraction of sp³-hybridized carbons (Fsp3) is 0.333. The van der Waals surface area contributed by atoms with Crippen LogP contribution < -0.4 is 9.64 Å². The molecule has 0 saturated heterocycles. The van der Waals surface area contributed by atoms with E-state index in [1.165, 1.54) is 12.0 Å². The van der Waals surface area contributed by atoms with Gasteiger partial charge in [-0.3, -0.25) is 9.59 Å². The maximum Gasteiger partial charge on any atom is 0.323 e. The molecule has 0 aliphatic rings. The summed E-state index contributed by atoms with van der Waals surface area (Å²) in [7, 11) is 1.51. The number of hydrogen-bond donors (Lipinski definition) is 2. The van der Waals surface area contributed by atoms with Crippen LogP contribution >= 0.6 is 0 Å². The van der Waals surface area contributed by atoms with Gasteiger partial charge in [-0.1, -0.05) is 6.07 Å². The molecule has 0 spiro atoms. The molecule has 0 aromatic heterocycles. The van der Waals surface area contributed by atoms with Gasteiger partial charge in [0.05, 0.1) is 13.5 Å². The van der Waals surface area contributed by atoms with E-state index in [-0.39, 0.29) is 19.5 Å². The average Bonchev–Trinajstić information content (AvgIpc) is 2.34. The zero-order chi connectivity index (χ0) is 13.5. The molecular formula is C12H15NO5. The van der Waals surface area contributed by atoms with Gasteiger partial charge in [-0.15, -0.1) is 0 Å². The first-order valence-corrected chi connectivity index (χ1v) is 5.35. The monoisotopic (exact) mass is 253 g/mol. The molecule has 0 bridgehead atoms. The smallest absolute Gasteiger partial charge is 0.323 e. The molecule has 6 heteroatoms. The molecule has 98 valence electrons. The van der Waals surface area contributed by atoms with E-state index >= 15 is 0 Å². The molecule has 0 heterocycles. The van der Waals surface area contributed by atoms with Gasteiger partial charge in [0.25, 0.3) is 0 Å². The summed E-state index contributed by atoms with van der Waals surface area (Å²) in [4.78, 5) is 22.8. The normalized spacial score (nSPS) is 9.83. The Kier molecular flexibility index (Phi) is 4.98. The van der Waals surface area contributed by atoms with E-state index in [0.717, 1.165) is 0 Å². The van der Waals surface area contributed by atoms with Crippen LogP contribution in [0.3, 0.4) is 0 Å². The highest BCUT2D eigenvalue weighted by Gasteiger charge is 2.12. The van der Waals surface area contributed by atoms with Gasteiger partial charge >= 0.3 is 11.9 Å². The van der Waals surface area contributed by atoms with E-state index < -0.39 is 11.9 Å². The minimum atomic E-state index is -1.01. The van der Waals surface area contributed by atoms with Crippen molar-refractivity contribution < 1.29 is 24.5 Å². The molecule has 0 saturated carbocycles. The summed E-state index contributed by atoms with van der Waals surface area (Å²) >= 11 is 0. The number of carbonyl (C=O) groups is 2. The van der Waals surface area contributed by atoms with E-state index in [9.17, 15) is 9.59 Å². The van der Waals surface area contributed by atoms with Gasteiger partial charge in [0.1, 0.15) is 12.3 Å². The third-order valence-electron chi connectivity index (χ3n) is 2.34. The Morgan fingerprint density at radius 1 is 1.28 bits per heavy atom. The SMILES string of the molecule is COc1cccc(N(CCC(=O)O)CC(=O)O)c1. The lowest BCUT2D eigenvalue weighted by Gasteiger charge is -2.22. The Morgan fingerprint density at radius 3 is 2.56 bits per heavy atom. The molecule has 1 aromatic rings. The summed E-state index contributed by atoms with van der Waals surface area (Å²) in [5.41, 5.74) is 0.623. The van der Waals surface area contributed by atoms with Crippen molar-refractivity contribution in [1.29, 1.82) is 0 Å². The maximum absolute atomic E-state index is 10.8. The average molecular weight is 253 g/mol. The summed E-state index contributed by atoms with van der Waals surface area (Å²) in [5.74, 6) is -1.38. The molecule has 0 amide bonds. The standard InChI is InChI=1S/C12H15NO5/c1-18-10-4-2-3-9(7-10)13(8-12(16)17)6-5-11(14)15/h2-4,7H,5-6,8H2,1H3,(H,14,15)(H,16,17). The van der Waals surface area contributed by atoms with Crippen molar-refractivity contribution in [1.82, 2.24) is 0 Å². The van der Waals surface area contributed by atoms with Crippen LogP contribution in [0.1, 0.15) is 6.42 Å². The Bertz CT molecular complexity index is 432. The van der Waals surface area contributed by atoms with Gasteiger partial charge in [-0.05, 0) is 12.1 Å². The lowest BCUT2D eigenvalue weighted by Crippen LogP contribution is -2.31. The molecule has 1 aromatic carbocycles. The lowest BCUT2D eigenvalue weighted by molar-refractivity contribution is -0.138. The fourth-order valence-electron chi connectivity index (χ4n) is 1.50. The van der Waals surface area contributed by atoms with Gasteiger partial charge < -0.3 is 19.8 Å². The highest BCUT2D eigenvalue weighted by atomic mass is 16.5. The maximum atomic E-state index is 10.8. The first-order valence-electron chi connectivity index (χ1n) is 5.35. The molecule has 18 heavy (non-hydrogen) atoms. The molecule has 6 nitrogen and oxygen atoms in total. The summed E-state index contributed by atoms with van der Waals surface area (Å²) in [5, 5.41) is 17.5. The van der Waals surface area contributed by atoms with Crippen molar-refractivity contribution in [3.05, 3.63) is 24.3 Å². The number of carboxylic acid groups (broad SMARTS) is 2. The summed E-state index contributed by atoms with van der Waals surface area (Å²) in [6.45, 7) is -0.116. The number of methoxy groups -OCH3 is 1. The summed E-state index contributed by atoms with van der Waals surface area (Å²) < 4.78 is 5.05. The van der Waals surface area contributed by atoms with E-state index in [1.807, 2.05) is 0 Å². The first-order chi connectivity index (χ1) is 8.52. The number of aliphatic carboxylic acids is 2. The molecular weight excluding hydrogens is 238 g/mol. The fourth-order valence-corrected chi connectivity index (χ4v) is 1.50. The van der Waals surface area contributed by atoms with Gasteiger partial charge in [0, 0.05) is 18.3 Å². The van der Waals surface area contributed by atoms with Gasteiger partial charge in [0.2, 0.25) is 0 Å². The second-order valence-electron chi connectivity index (χ2n) is 3.66. The van der Waals surface area contributed by atoms with Crippen LogP contribution in [0.15, 0.2) is 24.3 Å². The molecule has 0 unspecified atom stereocenters. The van der Waals surface area contributed by atoms with Crippen molar-refractivity contribution in [2.45, 2.75) is 6.42 Å². The zero-order valence-electron chi connectivity index (χ0n) is 10.00. The number of ether oxygens (including phenoxy) is 1. The highest BCUT2D eigenvalue weighted by Crippen LogP contribution is 2.20. The van der Waals surface area contributed by atoms with Crippen LogP contribution in [-0.4, -0.2) is 42.4 Å². The lowest BCUT2D eigenvalue weighted by atomic mass is 10.2. The topological polar surface area (TPSA) is 87.1 Å². The highest BCUT2D eigenvalue weighted by molar-refractivity contribution is 5.75. The largest absolute Gasteiger partial charge is 0.497 e. The predicted molar refractivity (Wildman–Crippen MR) is 65.1 cm³/mol. The number of nitrogens with zero attached hydrogens (tertiary/aromatic N) is 1. The number of rotatable bonds is 7. The molecule has 0 aliphatic heterocycles. The number of benzene rings is 1. The third kappa shape index (κ3) is 4.32. The second kappa shape index (κ2) is 6.48. The first kappa shape index (κ1) is 13.8. The van der Waals surface area contributed by atoms with Crippen LogP contribution in [0.25, 0.3) is 0 Å².